The second kappa shape index (κ2) is 8.30. The Labute approximate surface area is 161 Å². The summed E-state index contributed by atoms with van der Waals surface area (Å²) in [6.07, 6.45) is -0.0446. The van der Waals surface area contributed by atoms with Crippen molar-refractivity contribution in [3.63, 3.8) is 0 Å². The first-order chi connectivity index (χ1) is 12.5. The molecule has 2 aromatic carbocycles. The van der Waals surface area contributed by atoms with E-state index in [9.17, 15) is 22.9 Å². The maximum atomic E-state index is 13.7. The van der Waals surface area contributed by atoms with E-state index in [0.717, 1.165) is 12.1 Å². The van der Waals surface area contributed by atoms with Crippen molar-refractivity contribution in [2.45, 2.75) is 37.2 Å². The van der Waals surface area contributed by atoms with Crippen molar-refractivity contribution in [2.75, 3.05) is 0 Å². The Hall–Kier alpha value is -2.07. The number of nitrogens with two attached hydrogens (primary N) is 1. The highest BCUT2D eigenvalue weighted by Gasteiger charge is 2.24. The summed E-state index contributed by atoms with van der Waals surface area (Å²) in [6.45, 7) is 3.32. The van der Waals surface area contributed by atoms with Gasteiger partial charge in [0.05, 0.1) is 14.8 Å². The smallest absolute Gasteiger partial charge is 0.269 e. The van der Waals surface area contributed by atoms with Crippen LogP contribution in [0, 0.1) is 15.9 Å². The highest BCUT2D eigenvalue weighted by molar-refractivity contribution is 7.89. The second-order valence-electron chi connectivity index (χ2n) is 6.31. The number of nitro benzene ring substituents is 1. The summed E-state index contributed by atoms with van der Waals surface area (Å²) in [5.41, 5.74) is 6.39. The molecule has 0 saturated heterocycles. The fraction of sp³-hybridized carbons (Fsp3) is 0.294. The van der Waals surface area contributed by atoms with Crippen LogP contribution in [0.1, 0.15) is 31.0 Å². The zero-order chi connectivity index (χ0) is 20.4. The SMILES string of the molecule is CC(C)NS(=O)(=O)c1ccc([N+](=O)[O-])cc1C[C@H](N)c1ccc(Cl)c(F)c1. The molecule has 3 N–H and O–H groups in total. The summed E-state index contributed by atoms with van der Waals surface area (Å²) in [5, 5.41) is 11.0. The largest absolute Gasteiger partial charge is 0.324 e. The molecule has 0 amide bonds. The monoisotopic (exact) mass is 415 g/mol. The molecule has 0 fully saturated rings. The Kier molecular flexibility index (Phi) is 6.53. The van der Waals surface area contributed by atoms with Crippen molar-refractivity contribution in [3.8, 4) is 0 Å². The first kappa shape index (κ1) is 21.2. The minimum Gasteiger partial charge on any atom is -0.324 e. The molecule has 0 aliphatic carbocycles. The van der Waals surface area contributed by atoms with Crippen molar-refractivity contribution in [1.82, 2.24) is 4.72 Å². The van der Waals surface area contributed by atoms with E-state index in [4.69, 9.17) is 17.3 Å². The molecule has 1 atom stereocenters. The minimum absolute atomic E-state index is 0.0446. The predicted molar refractivity (Wildman–Crippen MR) is 101 cm³/mol. The topological polar surface area (TPSA) is 115 Å². The Morgan fingerprint density at radius 2 is 1.93 bits per heavy atom. The molecule has 146 valence electrons. The maximum absolute atomic E-state index is 13.7. The normalized spacial score (nSPS) is 13.0. The van der Waals surface area contributed by atoms with Crippen LogP contribution >= 0.6 is 11.6 Å². The summed E-state index contributed by atoms with van der Waals surface area (Å²) in [4.78, 5) is 10.3. The lowest BCUT2D eigenvalue weighted by molar-refractivity contribution is -0.385. The fourth-order valence-electron chi connectivity index (χ4n) is 2.57. The number of nitro groups is 1. The standard InChI is InChI=1S/C17H19ClFN3O4S/c1-10(2)21-27(25,26)17-6-4-13(22(23)24)7-12(17)9-16(20)11-3-5-14(18)15(19)8-11/h3-8,10,16,21H,9,20H2,1-2H3/t16-/m0/s1. The Bertz CT molecular complexity index is 967. The van der Waals surface area contributed by atoms with Crippen molar-refractivity contribution in [3.05, 3.63) is 68.5 Å². The van der Waals surface area contributed by atoms with E-state index in [2.05, 4.69) is 4.72 Å². The number of nitrogens with zero attached hydrogens (tertiary/aromatic N) is 1. The molecule has 0 unspecified atom stereocenters. The lowest BCUT2D eigenvalue weighted by Crippen LogP contribution is -2.31. The summed E-state index contributed by atoms with van der Waals surface area (Å²) in [7, 11) is -3.90. The van der Waals surface area contributed by atoms with Gasteiger partial charge in [0.15, 0.2) is 0 Å². The first-order valence-electron chi connectivity index (χ1n) is 8.01. The number of hydrogen-bond acceptors (Lipinski definition) is 5. The molecule has 0 spiro atoms. The highest BCUT2D eigenvalue weighted by atomic mass is 35.5. The van der Waals surface area contributed by atoms with Crippen molar-refractivity contribution in [1.29, 1.82) is 0 Å². The van der Waals surface area contributed by atoms with Gasteiger partial charge in [-0.25, -0.2) is 17.5 Å². The van der Waals surface area contributed by atoms with E-state index < -0.39 is 26.8 Å². The number of hydrogen-bond donors (Lipinski definition) is 2. The van der Waals surface area contributed by atoms with Crippen LogP contribution in [0.3, 0.4) is 0 Å². The van der Waals surface area contributed by atoms with Gasteiger partial charge in [0.2, 0.25) is 10.0 Å². The molecule has 0 saturated carbocycles. The molecule has 27 heavy (non-hydrogen) atoms. The molecule has 0 heterocycles. The number of halogens is 2. The predicted octanol–water partition coefficient (Wildman–Crippen LogP) is 3.32. The van der Waals surface area contributed by atoms with E-state index in [-0.39, 0.29) is 33.6 Å². The molecule has 2 aromatic rings. The van der Waals surface area contributed by atoms with Crippen LogP contribution < -0.4 is 10.5 Å². The summed E-state index contributed by atoms with van der Waals surface area (Å²) < 4.78 is 41.2. The van der Waals surface area contributed by atoms with Gasteiger partial charge >= 0.3 is 0 Å². The van der Waals surface area contributed by atoms with Gasteiger partial charge in [-0.05, 0) is 49.6 Å². The van der Waals surface area contributed by atoms with Gasteiger partial charge in [-0.2, -0.15) is 0 Å². The number of benzene rings is 2. The van der Waals surface area contributed by atoms with Gasteiger partial charge in [-0.1, -0.05) is 17.7 Å². The molecular formula is C17H19ClFN3O4S. The zero-order valence-corrected chi connectivity index (χ0v) is 16.2. The van der Waals surface area contributed by atoms with Crippen LogP contribution in [0.15, 0.2) is 41.3 Å². The van der Waals surface area contributed by atoms with Crippen LogP contribution in [-0.2, 0) is 16.4 Å². The van der Waals surface area contributed by atoms with Gasteiger partial charge in [0.1, 0.15) is 5.82 Å². The molecular weight excluding hydrogens is 397 g/mol. The highest BCUT2D eigenvalue weighted by Crippen LogP contribution is 2.27. The van der Waals surface area contributed by atoms with Crippen molar-refractivity contribution >= 4 is 27.3 Å². The number of non-ortho nitro benzene ring substituents is 1. The quantitative estimate of drug-likeness (QED) is 0.531. The number of rotatable bonds is 7. The Morgan fingerprint density at radius 3 is 2.48 bits per heavy atom. The zero-order valence-electron chi connectivity index (χ0n) is 14.6. The van der Waals surface area contributed by atoms with Gasteiger partial charge in [-0.15, -0.1) is 0 Å². The van der Waals surface area contributed by atoms with E-state index in [1.165, 1.54) is 24.3 Å². The second-order valence-corrected chi connectivity index (χ2v) is 8.40. The number of sulfonamides is 1. The van der Waals surface area contributed by atoms with Crippen LogP contribution in [0.4, 0.5) is 10.1 Å². The van der Waals surface area contributed by atoms with Crippen molar-refractivity contribution < 1.29 is 17.7 Å². The molecule has 0 aliphatic heterocycles. The third kappa shape index (κ3) is 5.23. The van der Waals surface area contributed by atoms with Crippen LogP contribution in [-0.4, -0.2) is 19.4 Å². The number of nitrogens with one attached hydrogen (secondary N) is 1. The van der Waals surface area contributed by atoms with E-state index in [1.54, 1.807) is 13.8 Å². The summed E-state index contributed by atoms with van der Waals surface area (Å²) >= 11 is 5.66. The molecule has 0 radical (unpaired) electrons. The van der Waals surface area contributed by atoms with Crippen LogP contribution in [0.5, 0.6) is 0 Å². The van der Waals surface area contributed by atoms with Crippen molar-refractivity contribution in [2.24, 2.45) is 5.73 Å². The average molecular weight is 416 g/mol. The third-order valence-electron chi connectivity index (χ3n) is 3.75. The fourth-order valence-corrected chi connectivity index (χ4v) is 4.17. The van der Waals surface area contributed by atoms with E-state index >= 15 is 0 Å². The Morgan fingerprint density at radius 1 is 1.26 bits per heavy atom. The molecule has 0 aliphatic rings. The molecule has 0 aromatic heterocycles. The molecule has 7 nitrogen and oxygen atoms in total. The molecule has 0 bridgehead atoms. The minimum atomic E-state index is -3.90. The summed E-state index contributed by atoms with van der Waals surface area (Å²) in [5.74, 6) is -0.655. The van der Waals surface area contributed by atoms with E-state index in [1.807, 2.05) is 0 Å². The average Bonchev–Trinajstić information content (AvgIpc) is 2.55. The van der Waals surface area contributed by atoms with Crippen LogP contribution in [0.25, 0.3) is 0 Å². The van der Waals surface area contributed by atoms with Crippen LogP contribution in [0.2, 0.25) is 5.02 Å². The van der Waals surface area contributed by atoms with Gasteiger partial charge in [-0.3, -0.25) is 10.1 Å². The Balaban J connectivity index is 2.47. The van der Waals surface area contributed by atoms with Gasteiger partial charge in [0, 0.05) is 24.2 Å². The maximum Gasteiger partial charge on any atom is 0.269 e. The summed E-state index contributed by atoms with van der Waals surface area (Å²) in [6, 6.07) is 6.33. The van der Waals surface area contributed by atoms with Gasteiger partial charge < -0.3 is 5.73 Å². The first-order valence-corrected chi connectivity index (χ1v) is 9.87. The molecule has 10 heteroatoms. The lowest BCUT2D eigenvalue weighted by atomic mass is 9.99. The van der Waals surface area contributed by atoms with Gasteiger partial charge in [0.25, 0.3) is 5.69 Å². The van der Waals surface area contributed by atoms with E-state index in [0.29, 0.717) is 5.56 Å². The third-order valence-corrected chi connectivity index (χ3v) is 5.81. The molecule has 2 rings (SSSR count). The lowest BCUT2D eigenvalue weighted by Gasteiger charge is -2.17.